The maximum Gasteiger partial charge on any atom is 0.293 e. The molecule has 0 atom stereocenters. The molecular formula is C20H17ClN2O5S. The standard InChI is InChI=1S/C20H17ClN2O5S/c21-14-6-7-16(28-12-18(22)24)13(10-14)11-17-19(25)23(20(26)29-17)8-9-27-15-4-2-1-3-5-15/h1-7,10-11H,8-9,12H2,(H2,22,24)/b17-11-. The largest absolute Gasteiger partial charge is 0.492 e. The highest BCUT2D eigenvalue weighted by molar-refractivity contribution is 8.18. The molecule has 29 heavy (non-hydrogen) atoms. The first-order valence-electron chi connectivity index (χ1n) is 8.58. The van der Waals surface area contributed by atoms with Crippen LogP contribution in [-0.2, 0) is 9.59 Å². The number of hydrogen-bond acceptors (Lipinski definition) is 6. The summed E-state index contributed by atoms with van der Waals surface area (Å²) < 4.78 is 10.9. The van der Waals surface area contributed by atoms with Gasteiger partial charge in [-0.3, -0.25) is 19.3 Å². The van der Waals surface area contributed by atoms with Crippen molar-refractivity contribution in [1.82, 2.24) is 4.90 Å². The summed E-state index contributed by atoms with van der Waals surface area (Å²) >= 11 is 6.84. The zero-order chi connectivity index (χ0) is 20.8. The van der Waals surface area contributed by atoms with E-state index in [1.807, 2.05) is 18.2 Å². The van der Waals surface area contributed by atoms with Gasteiger partial charge in [0.2, 0.25) is 0 Å². The predicted molar refractivity (Wildman–Crippen MR) is 111 cm³/mol. The summed E-state index contributed by atoms with van der Waals surface area (Å²) in [5.74, 6) is -0.0836. The Labute approximate surface area is 176 Å². The van der Waals surface area contributed by atoms with Gasteiger partial charge in [-0.15, -0.1) is 0 Å². The number of amides is 3. The first-order valence-corrected chi connectivity index (χ1v) is 9.77. The first kappa shape index (κ1) is 20.8. The number of halogens is 1. The molecule has 0 aromatic heterocycles. The minimum Gasteiger partial charge on any atom is -0.492 e. The zero-order valence-corrected chi connectivity index (χ0v) is 16.7. The van der Waals surface area contributed by atoms with Crippen LogP contribution in [0, 0.1) is 0 Å². The maximum atomic E-state index is 12.6. The fourth-order valence-corrected chi connectivity index (χ4v) is 3.55. The molecule has 0 aliphatic carbocycles. The topological polar surface area (TPSA) is 98.9 Å². The van der Waals surface area contributed by atoms with Crippen LogP contribution < -0.4 is 15.2 Å². The van der Waals surface area contributed by atoms with Gasteiger partial charge in [-0.1, -0.05) is 29.8 Å². The lowest BCUT2D eigenvalue weighted by Crippen LogP contribution is -2.32. The van der Waals surface area contributed by atoms with Crippen LogP contribution in [0.4, 0.5) is 4.79 Å². The van der Waals surface area contributed by atoms with E-state index in [9.17, 15) is 14.4 Å². The Morgan fingerprint density at radius 1 is 1.14 bits per heavy atom. The second-order valence-electron chi connectivity index (χ2n) is 5.93. The molecule has 1 saturated heterocycles. The Hall–Kier alpha value is -2.97. The summed E-state index contributed by atoms with van der Waals surface area (Å²) in [6.45, 7) is -0.0161. The second kappa shape index (κ2) is 9.49. The number of carbonyl (C=O) groups excluding carboxylic acids is 3. The van der Waals surface area contributed by atoms with Crippen molar-refractivity contribution in [2.45, 2.75) is 0 Å². The molecule has 3 amide bonds. The van der Waals surface area contributed by atoms with E-state index in [0.29, 0.717) is 22.1 Å². The van der Waals surface area contributed by atoms with Gasteiger partial charge in [0.05, 0.1) is 11.4 Å². The van der Waals surface area contributed by atoms with Crippen molar-refractivity contribution >= 4 is 46.5 Å². The molecule has 2 aromatic rings. The lowest BCUT2D eigenvalue weighted by atomic mass is 10.2. The van der Waals surface area contributed by atoms with Crippen LogP contribution in [0.2, 0.25) is 5.02 Å². The Kier molecular flexibility index (Phi) is 6.79. The molecule has 0 spiro atoms. The van der Waals surface area contributed by atoms with Crippen LogP contribution in [0.15, 0.2) is 53.4 Å². The van der Waals surface area contributed by atoms with Gasteiger partial charge in [0.15, 0.2) is 6.61 Å². The van der Waals surface area contributed by atoms with E-state index < -0.39 is 11.8 Å². The molecule has 2 N–H and O–H groups in total. The average molecular weight is 433 g/mol. The third kappa shape index (κ3) is 5.52. The minimum atomic E-state index is -0.635. The van der Waals surface area contributed by atoms with Crippen LogP contribution in [0.5, 0.6) is 11.5 Å². The van der Waals surface area contributed by atoms with E-state index in [2.05, 4.69) is 0 Å². The van der Waals surface area contributed by atoms with Crippen molar-refractivity contribution in [3.8, 4) is 11.5 Å². The summed E-state index contributed by atoms with van der Waals surface area (Å²) in [5.41, 5.74) is 5.57. The molecular weight excluding hydrogens is 416 g/mol. The van der Waals surface area contributed by atoms with Crippen molar-refractivity contribution < 1.29 is 23.9 Å². The van der Waals surface area contributed by atoms with E-state index in [1.165, 1.54) is 6.08 Å². The Morgan fingerprint density at radius 2 is 1.90 bits per heavy atom. The molecule has 1 heterocycles. The number of rotatable bonds is 8. The van der Waals surface area contributed by atoms with Crippen LogP contribution in [0.1, 0.15) is 5.56 Å². The van der Waals surface area contributed by atoms with Gasteiger partial charge < -0.3 is 15.2 Å². The molecule has 0 saturated carbocycles. The molecule has 0 bridgehead atoms. The third-order valence-electron chi connectivity index (χ3n) is 3.83. The van der Waals surface area contributed by atoms with Crippen LogP contribution >= 0.6 is 23.4 Å². The molecule has 0 radical (unpaired) electrons. The van der Waals surface area contributed by atoms with Gasteiger partial charge in [-0.2, -0.15) is 0 Å². The van der Waals surface area contributed by atoms with Crippen molar-refractivity contribution in [3.63, 3.8) is 0 Å². The van der Waals surface area contributed by atoms with E-state index >= 15 is 0 Å². The Morgan fingerprint density at radius 3 is 2.62 bits per heavy atom. The van der Waals surface area contributed by atoms with Gasteiger partial charge in [0, 0.05) is 10.6 Å². The van der Waals surface area contributed by atoms with Crippen molar-refractivity contribution in [1.29, 1.82) is 0 Å². The monoisotopic (exact) mass is 432 g/mol. The quantitative estimate of drug-likeness (QED) is 0.642. The zero-order valence-electron chi connectivity index (χ0n) is 15.2. The van der Waals surface area contributed by atoms with Gasteiger partial charge >= 0.3 is 0 Å². The number of benzene rings is 2. The van der Waals surface area contributed by atoms with Crippen molar-refractivity contribution in [2.24, 2.45) is 5.73 Å². The summed E-state index contributed by atoms with van der Waals surface area (Å²) in [4.78, 5) is 37.2. The average Bonchev–Trinajstić information content (AvgIpc) is 2.95. The highest BCUT2D eigenvalue weighted by Gasteiger charge is 2.35. The van der Waals surface area contributed by atoms with Crippen LogP contribution in [0.25, 0.3) is 6.08 Å². The highest BCUT2D eigenvalue weighted by Crippen LogP contribution is 2.34. The lowest BCUT2D eigenvalue weighted by molar-refractivity contribution is -0.123. The molecule has 7 nitrogen and oxygen atoms in total. The number of nitrogens with two attached hydrogens (primary N) is 1. The first-order chi connectivity index (χ1) is 13.9. The fraction of sp³-hybridized carbons (Fsp3) is 0.150. The minimum absolute atomic E-state index is 0.122. The van der Waals surface area contributed by atoms with Crippen LogP contribution in [-0.4, -0.2) is 41.7 Å². The Balaban J connectivity index is 1.71. The molecule has 1 aliphatic rings. The normalized spacial score (nSPS) is 15.1. The van der Waals surface area contributed by atoms with E-state index in [4.69, 9.17) is 26.8 Å². The summed E-state index contributed by atoms with van der Waals surface area (Å²) in [5, 5.41) is 0.0257. The second-order valence-corrected chi connectivity index (χ2v) is 7.36. The molecule has 150 valence electrons. The summed E-state index contributed by atoms with van der Waals surface area (Å²) in [6, 6.07) is 13.8. The fourth-order valence-electron chi connectivity index (χ4n) is 2.52. The number of imide groups is 1. The van der Waals surface area contributed by atoms with E-state index in [1.54, 1.807) is 30.3 Å². The smallest absolute Gasteiger partial charge is 0.293 e. The number of nitrogens with zero attached hydrogens (tertiary/aromatic N) is 1. The Bertz CT molecular complexity index is 965. The van der Waals surface area contributed by atoms with Gasteiger partial charge in [0.1, 0.15) is 18.1 Å². The predicted octanol–water partition coefficient (Wildman–Crippen LogP) is 3.32. The molecule has 0 unspecified atom stereocenters. The van der Waals surface area contributed by atoms with Crippen molar-refractivity contribution in [2.75, 3.05) is 19.8 Å². The van der Waals surface area contributed by atoms with Crippen LogP contribution in [0.3, 0.4) is 0 Å². The number of para-hydroxylation sites is 1. The van der Waals surface area contributed by atoms with E-state index in [0.717, 1.165) is 16.7 Å². The lowest BCUT2D eigenvalue weighted by Gasteiger charge is -2.13. The maximum absolute atomic E-state index is 12.6. The summed E-state index contributed by atoms with van der Waals surface area (Å²) in [6.07, 6.45) is 1.51. The number of ether oxygens (including phenoxy) is 2. The summed E-state index contributed by atoms with van der Waals surface area (Å²) in [7, 11) is 0. The van der Waals surface area contributed by atoms with E-state index in [-0.39, 0.29) is 29.9 Å². The van der Waals surface area contributed by atoms with Crippen molar-refractivity contribution in [3.05, 3.63) is 64.0 Å². The SMILES string of the molecule is NC(=O)COc1ccc(Cl)cc1/C=C1\SC(=O)N(CCOc2ccccc2)C1=O. The van der Waals surface area contributed by atoms with Gasteiger partial charge in [0.25, 0.3) is 17.1 Å². The van der Waals surface area contributed by atoms with Gasteiger partial charge in [-0.05, 0) is 48.2 Å². The number of hydrogen-bond donors (Lipinski definition) is 1. The number of thioether (sulfide) groups is 1. The van der Waals surface area contributed by atoms with Gasteiger partial charge in [-0.25, -0.2) is 0 Å². The molecule has 1 fully saturated rings. The molecule has 3 rings (SSSR count). The third-order valence-corrected chi connectivity index (χ3v) is 4.97. The molecule has 1 aliphatic heterocycles. The number of primary amides is 1. The molecule has 2 aromatic carbocycles. The number of carbonyl (C=O) groups is 3. The highest BCUT2D eigenvalue weighted by atomic mass is 35.5. The molecule has 9 heteroatoms.